The van der Waals surface area contributed by atoms with Crippen LogP contribution >= 0.6 is 23.2 Å². The normalized spacial score (nSPS) is 11.5. The minimum absolute atomic E-state index is 0.0982. The van der Waals surface area contributed by atoms with Crippen LogP contribution in [0.1, 0.15) is 10.5 Å². The summed E-state index contributed by atoms with van der Waals surface area (Å²) in [5, 5.41) is 12.0. The van der Waals surface area contributed by atoms with Crippen LogP contribution in [-0.4, -0.2) is 16.7 Å². The zero-order valence-electron chi connectivity index (χ0n) is 10.3. The second-order valence-electron chi connectivity index (χ2n) is 3.91. The maximum Gasteiger partial charge on any atom is 0.249 e. The van der Waals surface area contributed by atoms with E-state index in [0.717, 1.165) is 12.7 Å². The Morgan fingerprint density at radius 3 is 2.71 bits per heavy atom. The van der Waals surface area contributed by atoms with Crippen LogP contribution in [0.25, 0.3) is 0 Å². The summed E-state index contributed by atoms with van der Waals surface area (Å²) in [7, 11) is 0. The highest BCUT2D eigenvalue weighted by Crippen LogP contribution is 2.26. The summed E-state index contributed by atoms with van der Waals surface area (Å²) in [5.41, 5.74) is 0.151. The molecule has 1 aromatic heterocycles. The quantitative estimate of drug-likeness (QED) is 0.689. The average molecular weight is 324 g/mol. The first kappa shape index (κ1) is 15.0. The van der Waals surface area contributed by atoms with Crippen molar-refractivity contribution in [1.82, 2.24) is 4.98 Å². The Balaban J connectivity index is 2.18. The first-order valence-electron chi connectivity index (χ1n) is 5.61. The highest BCUT2D eigenvalue weighted by molar-refractivity contribution is 6.36. The van der Waals surface area contributed by atoms with Gasteiger partial charge >= 0.3 is 0 Å². The summed E-state index contributed by atoms with van der Waals surface area (Å²) in [5.74, 6) is -3.12. The Kier molecular flexibility index (Phi) is 4.58. The molecule has 0 saturated heterocycles. The van der Waals surface area contributed by atoms with E-state index in [1.165, 1.54) is 18.2 Å². The lowest BCUT2D eigenvalue weighted by Crippen LogP contribution is -2.29. The summed E-state index contributed by atoms with van der Waals surface area (Å²) >= 11 is 11.6. The molecule has 0 unspecified atom stereocenters. The molecule has 8 heteroatoms. The van der Waals surface area contributed by atoms with Gasteiger partial charge in [-0.25, -0.2) is 4.98 Å². The summed E-state index contributed by atoms with van der Waals surface area (Å²) in [6.45, 7) is 0. The van der Waals surface area contributed by atoms with Crippen molar-refractivity contribution in [3.05, 3.63) is 46.6 Å². The lowest BCUT2D eigenvalue weighted by Gasteiger charge is -2.09. The van der Waals surface area contributed by atoms with Crippen LogP contribution in [0.5, 0.6) is 0 Å². The van der Waals surface area contributed by atoms with Gasteiger partial charge in [0.25, 0.3) is 0 Å². The minimum Gasteiger partial charge on any atom is -0.451 e. The van der Waals surface area contributed by atoms with Crippen LogP contribution in [0.3, 0.4) is 0 Å². The number of amides is 1. The highest BCUT2D eigenvalue weighted by Gasteiger charge is 2.29. The van der Waals surface area contributed by atoms with Gasteiger partial charge in [0.2, 0.25) is 11.7 Å². The number of rotatable bonds is 4. The van der Waals surface area contributed by atoms with E-state index in [0.29, 0.717) is 5.02 Å². The average Bonchev–Trinajstić information content (AvgIpc) is 2.96. The van der Waals surface area contributed by atoms with Gasteiger partial charge in [-0.05, 0) is 18.2 Å². The van der Waals surface area contributed by atoms with Gasteiger partial charge in [-0.15, -0.1) is 0 Å². The lowest BCUT2D eigenvalue weighted by atomic mass is 10.0. The van der Waals surface area contributed by atoms with Gasteiger partial charge in [-0.2, -0.15) is 5.26 Å². The SMILES string of the molecule is N#C[C@H](C(=O)Nc1ccc(Cl)cc1Cl)C(=O)c1cocn1. The van der Waals surface area contributed by atoms with Crippen LogP contribution in [0, 0.1) is 17.2 Å². The molecule has 21 heavy (non-hydrogen) atoms. The maximum absolute atomic E-state index is 12.0. The van der Waals surface area contributed by atoms with Crippen molar-refractivity contribution in [2.45, 2.75) is 0 Å². The standard InChI is InChI=1S/C13H7Cl2N3O3/c14-7-1-2-10(9(15)3-7)18-13(20)8(4-16)12(19)11-5-21-6-17-11/h1-3,5-6,8H,(H,18,20)/t8-/m0/s1. The molecule has 1 N–H and O–H groups in total. The van der Waals surface area contributed by atoms with E-state index in [9.17, 15) is 9.59 Å². The van der Waals surface area contributed by atoms with Crippen molar-refractivity contribution in [2.75, 3.05) is 5.32 Å². The van der Waals surface area contributed by atoms with Gasteiger partial charge in [0.05, 0.1) is 16.8 Å². The first-order valence-corrected chi connectivity index (χ1v) is 6.36. The number of anilines is 1. The van der Waals surface area contributed by atoms with Gasteiger partial charge < -0.3 is 9.73 Å². The van der Waals surface area contributed by atoms with E-state index in [-0.39, 0.29) is 16.4 Å². The monoisotopic (exact) mass is 323 g/mol. The van der Waals surface area contributed by atoms with E-state index in [1.807, 2.05) is 0 Å². The molecule has 2 aromatic rings. The van der Waals surface area contributed by atoms with Gasteiger partial charge in [0.15, 0.2) is 12.3 Å². The molecule has 0 bridgehead atoms. The van der Waals surface area contributed by atoms with Crippen molar-refractivity contribution >= 4 is 40.6 Å². The third-order valence-electron chi connectivity index (χ3n) is 2.53. The molecule has 0 aliphatic heterocycles. The van der Waals surface area contributed by atoms with Crippen LogP contribution in [0.15, 0.2) is 35.3 Å². The number of ketones is 1. The third kappa shape index (κ3) is 3.40. The Labute approximate surface area is 129 Å². The summed E-state index contributed by atoms with van der Waals surface area (Å²) < 4.78 is 4.65. The van der Waals surface area contributed by atoms with Crippen molar-refractivity contribution in [1.29, 1.82) is 5.26 Å². The van der Waals surface area contributed by atoms with Gasteiger partial charge in [0, 0.05) is 5.02 Å². The largest absolute Gasteiger partial charge is 0.451 e. The van der Waals surface area contributed by atoms with E-state index in [4.69, 9.17) is 28.5 Å². The smallest absolute Gasteiger partial charge is 0.249 e. The summed E-state index contributed by atoms with van der Waals surface area (Å²) in [4.78, 5) is 27.6. The zero-order chi connectivity index (χ0) is 15.4. The molecule has 0 radical (unpaired) electrons. The number of hydrogen-bond acceptors (Lipinski definition) is 5. The molecule has 1 heterocycles. The molecule has 2 rings (SSSR count). The number of aromatic nitrogens is 1. The molecule has 0 fully saturated rings. The van der Waals surface area contributed by atoms with Crippen molar-refractivity contribution in [2.24, 2.45) is 5.92 Å². The van der Waals surface area contributed by atoms with Crippen molar-refractivity contribution in [3.8, 4) is 6.07 Å². The maximum atomic E-state index is 12.0. The number of carbonyl (C=O) groups excluding carboxylic acids is 2. The second-order valence-corrected chi connectivity index (χ2v) is 4.76. The molecular weight excluding hydrogens is 317 g/mol. The number of hydrogen-bond donors (Lipinski definition) is 1. The molecule has 1 amide bonds. The summed E-state index contributed by atoms with van der Waals surface area (Å²) in [6.07, 6.45) is 2.10. The van der Waals surface area contributed by atoms with Crippen LogP contribution in [0.2, 0.25) is 10.0 Å². The summed E-state index contributed by atoms with van der Waals surface area (Å²) in [6, 6.07) is 6.05. The molecular formula is C13H7Cl2N3O3. The van der Waals surface area contributed by atoms with E-state index < -0.39 is 17.6 Å². The number of halogens is 2. The highest BCUT2D eigenvalue weighted by atomic mass is 35.5. The van der Waals surface area contributed by atoms with Gasteiger partial charge in [0.1, 0.15) is 12.0 Å². The van der Waals surface area contributed by atoms with Crippen molar-refractivity contribution in [3.63, 3.8) is 0 Å². The van der Waals surface area contributed by atoms with Crippen LogP contribution < -0.4 is 5.32 Å². The number of nitrogens with one attached hydrogen (secondary N) is 1. The Morgan fingerprint density at radius 2 is 2.14 bits per heavy atom. The number of Topliss-reactive ketones (excluding diaryl/α,β-unsaturated/α-hetero) is 1. The Bertz CT molecular complexity index is 723. The Morgan fingerprint density at radius 1 is 1.38 bits per heavy atom. The topological polar surface area (TPSA) is 96.0 Å². The van der Waals surface area contributed by atoms with E-state index in [1.54, 1.807) is 6.07 Å². The molecule has 0 saturated carbocycles. The van der Waals surface area contributed by atoms with E-state index >= 15 is 0 Å². The lowest BCUT2D eigenvalue weighted by molar-refractivity contribution is -0.117. The van der Waals surface area contributed by atoms with Crippen LogP contribution in [0.4, 0.5) is 5.69 Å². The predicted molar refractivity (Wildman–Crippen MR) is 75.0 cm³/mol. The predicted octanol–water partition coefficient (Wildman–Crippen LogP) is 2.94. The van der Waals surface area contributed by atoms with Gasteiger partial charge in [-0.3, -0.25) is 9.59 Å². The fourth-order valence-electron chi connectivity index (χ4n) is 1.51. The number of oxazole rings is 1. The molecule has 6 nitrogen and oxygen atoms in total. The van der Waals surface area contributed by atoms with Crippen molar-refractivity contribution < 1.29 is 14.0 Å². The zero-order valence-corrected chi connectivity index (χ0v) is 11.9. The number of nitrogens with zero attached hydrogens (tertiary/aromatic N) is 2. The fraction of sp³-hybridized carbons (Fsp3) is 0.0769. The fourth-order valence-corrected chi connectivity index (χ4v) is 1.97. The number of benzene rings is 1. The second kappa shape index (κ2) is 6.39. The van der Waals surface area contributed by atoms with E-state index in [2.05, 4.69) is 14.7 Å². The molecule has 0 spiro atoms. The molecule has 0 aliphatic rings. The molecule has 1 aromatic carbocycles. The molecule has 106 valence electrons. The Hall–Kier alpha value is -2.36. The molecule has 1 atom stereocenters. The number of carbonyl (C=O) groups is 2. The van der Waals surface area contributed by atoms with Gasteiger partial charge in [-0.1, -0.05) is 23.2 Å². The minimum atomic E-state index is -1.55. The third-order valence-corrected chi connectivity index (χ3v) is 3.08. The number of nitriles is 1. The van der Waals surface area contributed by atoms with Crippen LogP contribution in [-0.2, 0) is 4.79 Å². The molecule has 0 aliphatic carbocycles. The first-order chi connectivity index (χ1) is 10.0.